The van der Waals surface area contributed by atoms with E-state index in [0.717, 1.165) is 15.2 Å². The highest BCUT2D eigenvalue weighted by Gasteiger charge is 2.13. The number of amides is 1. The van der Waals surface area contributed by atoms with E-state index < -0.39 is 5.91 Å². The minimum absolute atomic E-state index is 0.149. The Morgan fingerprint density at radius 3 is 2.74 bits per heavy atom. The first kappa shape index (κ1) is 17.2. The van der Waals surface area contributed by atoms with Gasteiger partial charge in [-0.25, -0.2) is 0 Å². The number of H-pyrrole nitrogens is 1. The maximum absolute atomic E-state index is 12.0. The van der Waals surface area contributed by atoms with Crippen molar-refractivity contribution < 1.29 is 14.6 Å². The number of carbonyl (C=O) groups excluding carboxylic acids is 1. The Hall–Kier alpha value is -3.19. The molecule has 4 aromatic rings. The summed E-state index contributed by atoms with van der Waals surface area (Å²) in [7, 11) is 0. The van der Waals surface area contributed by atoms with Crippen LogP contribution in [-0.4, -0.2) is 22.6 Å². The average molecular weight is 424 g/mol. The highest BCUT2D eigenvalue weighted by molar-refractivity contribution is 9.10. The molecule has 1 amide bonds. The molecule has 0 saturated heterocycles. The van der Waals surface area contributed by atoms with Gasteiger partial charge in [0.25, 0.3) is 0 Å². The van der Waals surface area contributed by atoms with Crippen LogP contribution < -0.4 is 4.74 Å². The topological polar surface area (TPSA) is 87.0 Å². The Labute approximate surface area is 162 Å². The average Bonchev–Trinajstić information content (AvgIpc) is 3.01. The molecule has 0 fully saturated rings. The third-order valence-electron chi connectivity index (χ3n) is 4.08. The van der Waals surface area contributed by atoms with Gasteiger partial charge in [0.05, 0.1) is 5.52 Å². The van der Waals surface area contributed by atoms with Crippen molar-refractivity contribution in [3.05, 3.63) is 65.1 Å². The lowest BCUT2D eigenvalue weighted by atomic mass is 10.1. The van der Waals surface area contributed by atoms with Crippen LogP contribution >= 0.6 is 15.9 Å². The molecule has 134 valence electrons. The Kier molecular flexibility index (Phi) is 4.60. The number of fused-ring (bicyclic) bond motifs is 2. The molecule has 0 spiro atoms. The quantitative estimate of drug-likeness (QED) is 0.426. The van der Waals surface area contributed by atoms with E-state index in [0.29, 0.717) is 16.7 Å². The van der Waals surface area contributed by atoms with Gasteiger partial charge in [0.15, 0.2) is 12.3 Å². The van der Waals surface area contributed by atoms with Crippen LogP contribution in [0.5, 0.6) is 11.6 Å². The molecule has 1 heterocycles. The molecular formula is C20H14BrN3O3. The van der Waals surface area contributed by atoms with Crippen LogP contribution in [0.2, 0.25) is 0 Å². The Morgan fingerprint density at radius 2 is 1.89 bits per heavy atom. The number of halogens is 1. The van der Waals surface area contributed by atoms with Crippen molar-refractivity contribution in [2.45, 2.75) is 0 Å². The molecular weight excluding hydrogens is 410 g/mol. The van der Waals surface area contributed by atoms with Gasteiger partial charge in [-0.2, -0.15) is 0 Å². The number of benzene rings is 3. The monoisotopic (exact) mass is 423 g/mol. The standard InChI is InChI=1S/C20H14BrN3O3/c21-16-7-3-6-15-18(16)22-20(26)19(15)24-23-17(25)11-27-14-9-8-12-4-1-2-5-13(12)10-14/h1-10,22,26H,11H2. The largest absolute Gasteiger partial charge is 0.493 e. The van der Waals surface area contributed by atoms with Gasteiger partial charge in [0, 0.05) is 9.86 Å². The van der Waals surface area contributed by atoms with Crippen molar-refractivity contribution in [3.63, 3.8) is 0 Å². The summed E-state index contributed by atoms with van der Waals surface area (Å²) in [4.78, 5) is 14.8. The Morgan fingerprint density at radius 1 is 1.07 bits per heavy atom. The van der Waals surface area contributed by atoms with E-state index in [4.69, 9.17) is 4.74 Å². The molecule has 1 aromatic heterocycles. The minimum Gasteiger partial charge on any atom is -0.493 e. The SMILES string of the molecule is O=C(COc1ccc2ccccc2c1)N=Nc1c(O)[nH]c2c(Br)cccc12. The second-order valence-corrected chi connectivity index (χ2v) is 6.73. The summed E-state index contributed by atoms with van der Waals surface area (Å²) >= 11 is 3.39. The summed E-state index contributed by atoms with van der Waals surface area (Å²) in [6.07, 6.45) is 0. The number of aromatic amines is 1. The van der Waals surface area contributed by atoms with Gasteiger partial charge < -0.3 is 14.8 Å². The maximum atomic E-state index is 12.0. The fourth-order valence-electron chi connectivity index (χ4n) is 2.79. The van der Waals surface area contributed by atoms with Crippen molar-refractivity contribution in [1.82, 2.24) is 4.98 Å². The smallest absolute Gasteiger partial charge is 0.302 e. The normalized spacial score (nSPS) is 11.4. The van der Waals surface area contributed by atoms with Crippen LogP contribution in [-0.2, 0) is 4.79 Å². The van der Waals surface area contributed by atoms with E-state index in [1.165, 1.54) is 0 Å². The maximum Gasteiger partial charge on any atom is 0.302 e. The first-order valence-corrected chi connectivity index (χ1v) is 8.96. The van der Waals surface area contributed by atoms with E-state index in [1.54, 1.807) is 12.1 Å². The van der Waals surface area contributed by atoms with Crippen LogP contribution in [0.1, 0.15) is 0 Å². The van der Waals surface area contributed by atoms with Gasteiger partial charge in [-0.05, 0) is 44.9 Å². The molecule has 0 atom stereocenters. The lowest BCUT2D eigenvalue weighted by Gasteiger charge is -2.04. The number of nitrogens with one attached hydrogen (secondary N) is 1. The zero-order chi connectivity index (χ0) is 18.8. The lowest BCUT2D eigenvalue weighted by molar-refractivity contribution is -0.120. The predicted octanol–water partition coefficient (Wildman–Crippen LogP) is 5.48. The number of hydrogen-bond acceptors (Lipinski definition) is 4. The molecule has 0 saturated carbocycles. The molecule has 27 heavy (non-hydrogen) atoms. The van der Waals surface area contributed by atoms with Gasteiger partial charge >= 0.3 is 5.91 Å². The van der Waals surface area contributed by atoms with Crippen molar-refractivity contribution in [2.75, 3.05) is 6.61 Å². The van der Waals surface area contributed by atoms with E-state index in [2.05, 4.69) is 31.1 Å². The number of nitrogens with zero attached hydrogens (tertiary/aromatic N) is 2. The van der Waals surface area contributed by atoms with Crippen LogP contribution in [0.15, 0.2) is 75.4 Å². The molecule has 7 heteroatoms. The summed E-state index contributed by atoms with van der Waals surface area (Å²) in [6, 6.07) is 18.9. The number of aromatic nitrogens is 1. The third kappa shape index (κ3) is 3.54. The van der Waals surface area contributed by atoms with E-state index in [1.807, 2.05) is 48.5 Å². The van der Waals surface area contributed by atoms with Gasteiger partial charge in [0.2, 0.25) is 5.88 Å². The number of hydrogen-bond donors (Lipinski definition) is 2. The van der Waals surface area contributed by atoms with Gasteiger partial charge in [-0.1, -0.05) is 42.5 Å². The van der Waals surface area contributed by atoms with E-state index >= 15 is 0 Å². The van der Waals surface area contributed by atoms with Crippen LogP contribution in [0.4, 0.5) is 5.69 Å². The summed E-state index contributed by atoms with van der Waals surface area (Å²) in [5.74, 6) is -0.119. The number of carbonyl (C=O) groups is 1. The van der Waals surface area contributed by atoms with Gasteiger partial charge in [-0.15, -0.1) is 10.2 Å². The Balaban J connectivity index is 1.47. The third-order valence-corrected chi connectivity index (χ3v) is 4.74. The lowest BCUT2D eigenvalue weighted by Crippen LogP contribution is -2.07. The number of para-hydroxylation sites is 1. The fourth-order valence-corrected chi connectivity index (χ4v) is 3.26. The highest BCUT2D eigenvalue weighted by Crippen LogP contribution is 2.38. The molecule has 0 aliphatic heterocycles. The summed E-state index contributed by atoms with van der Waals surface area (Å²) in [5.41, 5.74) is 0.897. The van der Waals surface area contributed by atoms with E-state index in [9.17, 15) is 9.90 Å². The number of ether oxygens (including phenoxy) is 1. The zero-order valence-corrected chi connectivity index (χ0v) is 15.6. The fraction of sp³-hybridized carbons (Fsp3) is 0.0500. The number of azo groups is 1. The summed E-state index contributed by atoms with van der Waals surface area (Å²) in [5, 5.41) is 20.3. The molecule has 2 N–H and O–H groups in total. The van der Waals surface area contributed by atoms with Crippen LogP contribution in [0.3, 0.4) is 0 Å². The van der Waals surface area contributed by atoms with Crippen molar-refractivity contribution >= 4 is 49.2 Å². The predicted molar refractivity (Wildman–Crippen MR) is 107 cm³/mol. The number of aromatic hydroxyl groups is 1. The molecule has 0 aliphatic carbocycles. The zero-order valence-electron chi connectivity index (χ0n) is 14.0. The molecule has 0 aliphatic rings. The molecule has 0 bridgehead atoms. The highest BCUT2D eigenvalue weighted by atomic mass is 79.9. The van der Waals surface area contributed by atoms with Crippen molar-refractivity contribution in [2.24, 2.45) is 10.2 Å². The first-order chi connectivity index (χ1) is 13.1. The number of rotatable bonds is 4. The summed E-state index contributed by atoms with van der Waals surface area (Å²) in [6.45, 7) is -0.241. The van der Waals surface area contributed by atoms with Crippen molar-refractivity contribution in [1.29, 1.82) is 0 Å². The Bertz CT molecular complexity index is 1180. The van der Waals surface area contributed by atoms with Gasteiger partial charge in [0.1, 0.15) is 5.75 Å². The summed E-state index contributed by atoms with van der Waals surface area (Å²) < 4.78 is 6.28. The van der Waals surface area contributed by atoms with Gasteiger partial charge in [-0.3, -0.25) is 4.79 Å². The minimum atomic E-state index is -0.549. The van der Waals surface area contributed by atoms with E-state index in [-0.39, 0.29) is 18.2 Å². The molecule has 6 nitrogen and oxygen atoms in total. The van der Waals surface area contributed by atoms with Crippen molar-refractivity contribution in [3.8, 4) is 11.6 Å². The second-order valence-electron chi connectivity index (χ2n) is 5.88. The molecule has 3 aromatic carbocycles. The molecule has 4 rings (SSSR count). The first-order valence-electron chi connectivity index (χ1n) is 8.17. The molecule has 0 radical (unpaired) electrons. The van der Waals surface area contributed by atoms with Crippen LogP contribution in [0.25, 0.3) is 21.7 Å². The second kappa shape index (κ2) is 7.20. The molecule has 0 unspecified atom stereocenters. The van der Waals surface area contributed by atoms with Crippen LogP contribution in [0, 0.1) is 0 Å².